The number of benzene rings is 3. The summed E-state index contributed by atoms with van der Waals surface area (Å²) in [5.74, 6) is -0.660. The normalized spacial score (nSPS) is 19.7. The van der Waals surface area contributed by atoms with Gasteiger partial charge in [0.05, 0.1) is 11.1 Å². The van der Waals surface area contributed by atoms with Crippen LogP contribution >= 0.6 is 23.4 Å². The Kier molecular flexibility index (Phi) is 7.00. The van der Waals surface area contributed by atoms with E-state index in [1.165, 1.54) is 5.01 Å². The minimum Gasteiger partial charge on any atom is -0.393 e. The Hall–Kier alpha value is -3.00. The number of hydrogen-bond donors (Lipinski definition) is 2. The summed E-state index contributed by atoms with van der Waals surface area (Å²) in [6.07, 6.45) is 1.29. The summed E-state index contributed by atoms with van der Waals surface area (Å²) >= 11 is 7.45. The van der Waals surface area contributed by atoms with Gasteiger partial charge in [0.25, 0.3) is 11.8 Å². The Morgan fingerprint density at radius 3 is 2.20 bits per heavy atom. The number of nitrogens with one attached hydrogen (secondary N) is 1. The zero-order valence-electron chi connectivity index (χ0n) is 19.0. The van der Waals surface area contributed by atoms with Crippen LogP contribution in [0.1, 0.15) is 30.0 Å². The van der Waals surface area contributed by atoms with E-state index in [9.17, 15) is 14.7 Å². The Morgan fingerprint density at radius 1 is 0.886 bits per heavy atom. The molecule has 180 valence electrons. The summed E-state index contributed by atoms with van der Waals surface area (Å²) in [5.41, 5.74) is 5.69. The average Bonchev–Trinajstić information content (AvgIpc) is 3.15. The van der Waals surface area contributed by atoms with Crippen LogP contribution in [0.3, 0.4) is 0 Å². The van der Waals surface area contributed by atoms with E-state index in [1.54, 1.807) is 6.07 Å². The Balaban J connectivity index is 1.42. The first-order valence-corrected chi connectivity index (χ1v) is 12.9. The summed E-state index contributed by atoms with van der Waals surface area (Å²) < 4.78 is 0. The highest BCUT2D eigenvalue weighted by atomic mass is 35.5. The molecule has 0 aliphatic carbocycles. The molecule has 5 rings (SSSR count). The van der Waals surface area contributed by atoms with Gasteiger partial charge in [-0.1, -0.05) is 66.2 Å². The van der Waals surface area contributed by atoms with Crippen molar-refractivity contribution in [3.63, 3.8) is 0 Å². The van der Waals surface area contributed by atoms with Crippen molar-refractivity contribution in [2.75, 3.05) is 18.0 Å². The molecule has 0 aromatic heterocycles. The van der Waals surface area contributed by atoms with E-state index < -0.39 is 11.3 Å². The van der Waals surface area contributed by atoms with Gasteiger partial charge in [-0.2, -0.15) is 0 Å². The number of aliphatic hydroxyl groups is 1. The monoisotopic (exact) mass is 507 g/mol. The van der Waals surface area contributed by atoms with Gasteiger partial charge in [0.2, 0.25) is 0 Å². The average molecular weight is 508 g/mol. The lowest BCUT2D eigenvalue weighted by Crippen LogP contribution is -2.40. The fourth-order valence-electron chi connectivity index (χ4n) is 4.55. The molecule has 2 N–H and O–H groups in total. The van der Waals surface area contributed by atoms with E-state index in [2.05, 4.69) is 10.3 Å². The largest absolute Gasteiger partial charge is 0.393 e. The number of rotatable bonds is 6. The van der Waals surface area contributed by atoms with Gasteiger partial charge < -0.3 is 10.0 Å². The SMILES string of the molecule is O=C1NN(C(c2ccccc2)c2ccc(N3CCC(O)CC3)cc2)C(=O)C1Sc1ccccc1Cl. The molecule has 2 unspecified atom stereocenters. The van der Waals surface area contributed by atoms with E-state index in [4.69, 9.17) is 11.6 Å². The molecule has 2 aliphatic rings. The number of anilines is 1. The van der Waals surface area contributed by atoms with Crippen LogP contribution in [-0.2, 0) is 9.59 Å². The van der Waals surface area contributed by atoms with Gasteiger partial charge in [0, 0.05) is 23.7 Å². The lowest BCUT2D eigenvalue weighted by atomic mass is 9.97. The zero-order valence-corrected chi connectivity index (χ0v) is 20.6. The molecule has 2 heterocycles. The molecule has 2 fully saturated rings. The third-order valence-electron chi connectivity index (χ3n) is 6.42. The van der Waals surface area contributed by atoms with E-state index in [0.29, 0.717) is 9.92 Å². The molecule has 2 saturated heterocycles. The summed E-state index contributed by atoms with van der Waals surface area (Å²) in [7, 11) is 0. The lowest BCUT2D eigenvalue weighted by Gasteiger charge is -2.32. The maximum atomic E-state index is 13.5. The first-order valence-electron chi connectivity index (χ1n) is 11.6. The fourth-order valence-corrected chi connectivity index (χ4v) is 5.79. The molecular weight excluding hydrogens is 482 g/mol. The van der Waals surface area contributed by atoms with Crippen molar-refractivity contribution >= 4 is 40.9 Å². The number of thioether (sulfide) groups is 1. The molecule has 2 atom stereocenters. The quantitative estimate of drug-likeness (QED) is 0.483. The molecule has 3 aromatic rings. The number of hydrazine groups is 1. The van der Waals surface area contributed by atoms with Crippen LogP contribution in [0.5, 0.6) is 0 Å². The van der Waals surface area contributed by atoms with Crippen molar-refractivity contribution in [1.82, 2.24) is 10.4 Å². The topological polar surface area (TPSA) is 72.9 Å². The second kappa shape index (κ2) is 10.3. The fraction of sp³-hybridized carbons (Fsp3) is 0.259. The van der Waals surface area contributed by atoms with E-state index >= 15 is 0 Å². The van der Waals surface area contributed by atoms with Crippen LogP contribution in [0.15, 0.2) is 83.8 Å². The Morgan fingerprint density at radius 2 is 1.51 bits per heavy atom. The van der Waals surface area contributed by atoms with Crippen LogP contribution in [0.25, 0.3) is 0 Å². The van der Waals surface area contributed by atoms with Gasteiger partial charge in [0.1, 0.15) is 6.04 Å². The number of hydrogen-bond acceptors (Lipinski definition) is 5. The Bertz CT molecular complexity index is 1200. The summed E-state index contributed by atoms with van der Waals surface area (Å²) in [6, 6.07) is 24.5. The van der Waals surface area contributed by atoms with Gasteiger partial charge in [-0.15, -0.1) is 11.8 Å². The van der Waals surface area contributed by atoms with Crippen LogP contribution in [0.4, 0.5) is 5.69 Å². The number of piperidine rings is 1. The first-order chi connectivity index (χ1) is 17.0. The van der Waals surface area contributed by atoms with Crippen molar-refractivity contribution in [2.45, 2.75) is 35.1 Å². The predicted octanol–water partition coefficient (Wildman–Crippen LogP) is 4.42. The summed E-state index contributed by atoms with van der Waals surface area (Å²) in [6.45, 7) is 1.62. The minimum absolute atomic E-state index is 0.227. The minimum atomic E-state index is -0.917. The smallest absolute Gasteiger partial charge is 0.265 e. The molecule has 2 aliphatic heterocycles. The van der Waals surface area contributed by atoms with Crippen molar-refractivity contribution < 1.29 is 14.7 Å². The van der Waals surface area contributed by atoms with Crippen LogP contribution in [0, 0.1) is 0 Å². The first kappa shape index (κ1) is 23.7. The highest BCUT2D eigenvalue weighted by molar-refractivity contribution is 8.01. The van der Waals surface area contributed by atoms with Crippen molar-refractivity contribution in [3.05, 3.63) is 95.0 Å². The molecule has 8 heteroatoms. The third-order valence-corrected chi connectivity index (χ3v) is 8.13. The molecule has 6 nitrogen and oxygen atoms in total. The van der Waals surface area contributed by atoms with Gasteiger partial charge >= 0.3 is 0 Å². The number of carbonyl (C=O) groups excluding carboxylic acids is 2. The highest BCUT2D eigenvalue weighted by Gasteiger charge is 2.44. The second-order valence-corrected chi connectivity index (χ2v) is 10.3. The second-order valence-electron chi connectivity index (χ2n) is 8.74. The third kappa shape index (κ3) is 5.03. The number of carbonyl (C=O) groups is 2. The predicted molar refractivity (Wildman–Crippen MR) is 138 cm³/mol. The van der Waals surface area contributed by atoms with Crippen molar-refractivity contribution in [1.29, 1.82) is 0 Å². The van der Waals surface area contributed by atoms with Crippen LogP contribution in [-0.4, -0.2) is 46.4 Å². The lowest BCUT2D eigenvalue weighted by molar-refractivity contribution is -0.131. The Labute approximate surface area is 213 Å². The summed E-state index contributed by atoms with van der Waals surface area (Å²) in [4.78, 5) is 29.4. The number of aliphatic hydroxyl groups excluding tert-OH is 1. The standard InChI is InChI=1S/C27H26ClN3O3S/c28-22-8-4-5-9-23(22)35-25-26(33)29-31(27(25)34)24(18-6-2-1-3-7-18)19-10-12-20(13-11-19)30-16-14-21(32)15-17-30/h1-13,21,24-25,32H,14-17H2,(H,29,33). The van der Waals surface area contributed by atoms with Crippen LogP contribution in [0.2, 0.25) is 5.02 Å². The number of amides is 2. The molecule has 0 saturated carbocycles. The molecular formula is C27H26ClN3O3S. The maximum absolute atomic E-state index is 13.5. The van der Waals surface area contributed by atoms with Crippen molar-refractivity contribution in [2.24, 2.45) is 0 Å². The van der Waals surface area contributed by atoms with E-state index in [0.717, 1.165) is 54.5 Å². The van der Waals surface area contributed by atoms with Gasteiger partial charge in [-0.25, -0.2) is 5.01 Å². The van der Waals surface area contributed by atoms with Gasteiger partial charge in [-0.3, -0.25) is 15.0 Å². The zero-order chi connectivity index (χ0) is 24.4. The number of halogens is 1. The van der Waals surface area contributed by atoms with Crippen molar-refractivity contribution in [3.8, 4) is 0 Å². The summed E-state index contributed by atoms with van der Waals surface area (Å²) in [5, 5.41) is 10.8. The molecule has 35 heavy (non-hydrogen) atoms. The molecule has 0 radical (unpaired) electrons. The molecule has 0 spiro atoms. The van der Waals surface area contributed by atoms with Crippen LogP contribution < -0.4 is 10.3 Å². The van der Waals surface area contributed by atoms with E-state index in [1.807, 2.05) is 72.8 Å². The van der Waals surface area contributed by atoms with E-state index in [-0.39, 0.29) is 17.9 Å². The molecule has 0 bridgehead atoms. The van der Waals surface area contributed by atoms with Gasteiger partial charge in [0.15, 0.2) is 5.25 Å². The van der Waals surface area contributed by atoms with Gasteiger partial charge in [-0.05, 0) is 48.2 Å². The highest BCUT2D eigenvalue weighted by Crippen LogP contribution is 2.37. The molecule has 3 aromatic carbocycles. The maximum Gasteiger partial charge on any atom is 0.265 e. The molecule has 2 amide bonds. The number of nitrogens with zero attached hydrogens (tertiary/aromatic N) is 2.